The minimum atomic E-state index is -3.63. The van der Waals surface area contributed by atoms with Gasteiger partial charge in [0, 0.05) is 11.8 Å². The van der Waals surface area contributed by atoms with Crippen molar-refractivity contribution in [2.24, 2.45) is 0 Å². The zero-order chi connectivity index (χ0) is 20.0. The molecule has 0 fully saturated rings. The highest BCUT2D eigenvalue weighted by Crippen LogP contribution is 2.18. The van der Waals surface area contributed by atoms with Gasteiger partial charge in [0.15, 0.2) is 0 Å². The van der Waals surface area contributed by atoms with Gasteiger partial charge in [-0.3, -0.25) is 9.52 Å². The van der Waals surface area contributed by atoms with Crippen LogP contribution in [0.5, 0.6) is 0 Å². The van der Waals surface area contributed by atoms with Crippen LogP contribution in [0.15, 0.2) is 89.8 Å². The number of carbonyl (C=O) groups excluding carboxylic acids is 1. The second kappa shape index (κ2) is 8.41. The third-order valence-electron chi connectivity index (χ3n) is 3.86. The molecule has 0 spiro atoms. The van der Waals surface area contributed by atoms with Crippen molar-refractivity contribution in [1.82, 2.24) is 0 Å². The molecule has 1 amide bonds. The van der Waals surface area contributed by atoms with E-state index >= 15 is 0 Å². The van der Waals surface area contributed by atoms with Gasteiger partial charge in [0.05, 0.1) is 16.3 Å². The Morgan fingerprint density at radius 3 is 2.18 bits per heavy atom. The Balaban J connectivity index is 1.63. The molecule has 0 atom stereocenters. The summed E-state index contributed by atoms with van der Waals surface area (Å²) in [7, 11) is -3.63. The lowest BCUT2D eigenvalue weighted by Crippen LogP contribution is -2.12. The van der Waals surface area contributed by atoms with Crippen molar-refractivity contribution in [2.45, 2.75) is 4.90 Å². The van der Waals surface area contributed by atoms with Crippen molar-refractivity contribution >= 4 is 39.1 Å². The first kappa shape index (κ1) is 19.2. The fraction of sp³-hybridized carbons (Fsp3) is 0. The Morgan fingerprint density at radius 2 is 1.50 bits per heavy atom. The molecule has 0 aliphatic heterocycles. The number of anilines is 3. The minimum absolute atomic E-state index is 0.191. The van der Waals surface area contributed by atoms with Gasteiger partial charge in [0.2, 0.25) is 5.91 Å². The Labute approximate surface area is 163 Å². The number of nitrogens with two attached hydrogens (primary N) is 1. The zero-order valence-electron chi connectivity index (χ0n) is 14.9. The van der Waals surface area contributed by atoms with E-state index in [0.29, 0.717) is 17.1 Å². The molecule has 0 saturated heterocycles. The number of nitrogen functional groups attached to an aromatic ring is 1. The molecule has 0 aliphatic carbocycles. The maximum atomic E-state index is 12.3. The van der Waals surface area contributed by atoms with Crippen molar-refractivity contribution in [1.29, 1.82) is 0 Å². The molecule has 0 bridgehead atoms. The van der Waals surface area contributed by atoms with Gasteiger partial charge >= 0.3 is 0 Å². The molecule has 28 heavy (non-hydrogen) atoms. The van der Waals surface area contributed by atoms with Crippen LogP contribution < -0.4 is 15.8 Å². The predicted molar refractivity (Wildman–Crippen MR) is 112 cm³/mol. The van der Waals surface area contributed by atoms with Gasteiger partial charge in [0.25, 0.3) is 10.0 Å². The van der Waals surface area contributed by atoms with Crippen molar-refractivity contribution in [3.63, 3.8) is 0 Å². The van der Waals surface area contributed by atoms with Crippen LogP contribution in [0, 0.1) is 0 Å². The van der Waals surface area contributed by atoms with Gasteiger partial charge in [0.1, 0.15) is 0 Å². The second-order valence-electron chi connectivity index (χ2n) is 5.95. The molecule has 0 aliphatic rings. The molecule has 4 N–H and O–H groups in total. The number of sulfonamides is 1. The SMILES string of the molecule is Nc1ccccc1NC(=O)C=Cc1ccc(NS(=O)(=O)c2ccccc2)cc1. The lowest BCUT2D eigenvalue weighted by molar-refractivity contribution is -0.111. The molecule has 0 saturated carbocycles. The Hall–Kier alpha value is -3.58. The van der Waals surface area contributed by atoms with Crippen molar-refractivity contribution in [2.75, 3.05) is 15.8 Å². The number of amides is 1. The quantitative estimate of drug-likeness (QED) is 0.439. The Morgan fingerprint density at radius 1 is 0.857 bits per heavy atom. The Kier molecular flexibility index (Phi) is 5.76. The van der Waals surface area contributed by atoms with E-state index in [1.807, 2.05) is 0 Å². The van der Waals surface area contributed by atoms with Crippen LogP contribution in [0.3, 0.4) is 0 Å². The molecule has 0 aromatic heterocycles. The molecule has 3 aromatic rings. The monoisotopic (exact) mass is 393 g/mol. The highest BCUT2D eigenvalue weighted by Gasteiger charge is 2.12. The second-order valence-corrected chi connectivity index (χ2v) is 7.63. The first-order chi connectivity index (χ1) is 13.4. The summed E-state index contributed by atoms with van der Waals surface area (Å²) in [5.41, 5.74) is 8.00. The normalized spacial score (nSPS) is 11.3. The molecule has 3 rings (SSSR count). The van der Waals surface area contributed by atoms with Crippen LogP contribution in [0.25, 0.3) is 6.08 Å². The molecule has 0 unspecified atom stereocenters. The average Bonchev–Trinajstić information content (AvgIpc) is 2.70. The van der Waals surface area contributed by atoms with Crippen LogP contribution in [-0.2, 0) is 14.8 Å². The number of nitrogens with one attached hydrogen (secondary N) is 2. The van der Waals surface area contributed by atoms with Crippen LogP contribution in [-0.4, -0.2) is 14.3 Å². The van der Waals surface area contributed by atoms with Crippen LogP contribution in [0.4, 0.5) is 17.1 Å². The molecule has 7 heteroatoms. The summed E-state index contributed by atoms with van der Waals surface area (Å²) in [5.74, 6) is -0.313. The minimum Gasteiger partial charge on any atom is -0.397 e. The lowest BCUT2D eigenvalue weighted by Gasteiger charge is -2.08. The lowest BCUT2D eigenvalue weighted by atomic mass is 10.2. The number of hydrogen-bond donors (Lipinski definition) is 3. The summed E-state index contributed by atoms with van der Waals surface area (Å²) in [4.78, 5) is 12.2. The van der Waals surface area contributed by atoms with Gasteiger partial charge in [-0.1, -0.05) is 42.5 Å². The molecular weight excluding hydrogens is 374 g/mol. The molecule has 3 aromatic carbocycles. The van der Waals surface area contributed by atoms with Crippen molar-refractivity contribution in [3.05, 3.63) is 90.5 Å². The third kappa shape index (κ3) is 4.99. The number of benzene rings is 3. The summed E-state index contributed by atoms with van der Waals surface area (Å²) < 4.78 is 27.1. The van der Waals surface area contributed by atoms with Gasteiger partial charge in [-0.05, 0) is 48.0 Å². The number of carbonyl (C=O) groups is 1. The smallest absolute Gasteiger partial charge is 0.261 e. The van der Waals surface area contributed by atoms with Crippen LogP contribution in [0.1, 0.15) is 5.56 Å². The van der Waals surface area contributed by atoms with Gasteiger partial charge in [-0.15, -0.1) is 0 Å². The van der Waals surface area contributed by atoms with Gasteiger partial charge < -0.3 is 11.1 Å². The van der Waals surface area contributed by atoms with Gasteiger partial charge in [-0.25, -0.2) is 8.42 Å². The molecule has 6 nitrogen and oxygen atoms in total. The molecular formula is C21H19N3O3S. The highest BCUT2D eigenvalue weighted by molar-refractivity contribution is 7.92. The number of hydrogen-bond acceptors (Lipinski definition) is 4. The van der Waals surface area contributed by atoms with Crippen molar-refractivity contribution < 1.29 is 13.2 Å². The Bertz CT molecular complexity index is 1090. The molecule has 0 heterocycles. The van der Waals surface area contributed by atoms with Crippen LogP contribution >= 0.6 is 0 Å². The zero-order valence-corrected chi connectivity index (χ0v) is 15.7. The molecule has 142 valence electrons. The van der Waals surface area contributed by atoms with E-state index in [1.54, 1.807) is 72.8 Å². The highest BCUT2D eigenvalue weighted by atomic mass is 32.2. The third-order valence-corrected chi connectivity index (χ3v) is 5.26. The molecule has 0 radical (unpaired) electrons. The maximum absolute atomic E-state index is 12.3. The van der Waals surface area contributed by atoms with Gasteiger partial charge in [-0.2, -0.15) is 0 Å². The van der Waals surface area contributed by atoms with Crippen molar-refractivity contribution in [3.8, 4) is 0 Å². The first-order valence-electron chi connectivity index (χ1n) is 8.45. The van der Waals surface area contributed by atoms with E-state index in [0.717, 1.165) is 5.56 Å². The average molecular weight is 393 g/mol. The van der Waals surface area contributed by atoms with E-state index in [-0.39, 0.29) is 10.8 Å². The topological polar surface area (TPSA) is 101 Å². The summed E-state index contributed by atoms with van der Waals surface area (Å²) >= 11 is 0. The van der Waals surface area contributed by atoms with E-state index in [1.165, 1.54) is 18.2 Å². The number of para-hydroxylation sites is 2. The van der Waals surface area contributed by atoms with E-state index in [4.69, 9.17) is 5.73 Å². The standard InChI is InChI=1S/C21H19N3O3S/c22-19-8-4-5-9-20(19)23-21(25)15-12-16-10-13-17(14-11-16)24-28(26,27)18-6-2-1-3-7-18/h1-15,24H,22H2,(H,23,25). The summed E-state index contributed by atoms with van der Waals surface area (Å²) in [6.45, 7) is 0. The largest absolute Gasteiger partial charge is 0.397 e. The summed E-state index contributed by atoms with van der Waals surface area (Å²) in [6.07, 6.45) is 3.01. The summed E-state index contributed by atoms with van der Waals surface area (Å²) in [6, 6.07) is 21.8. The van der Waals surface area contributed by atoms with Crippen LogP contribution in [0.2, 0.25) is 0 Å². The fourth-order valence-corrected chi connectivity index (χ4v) is 3.51. The van der Waals surface area contributed by atoms with E-state index < -0.39 is 10.0 Å². The fourth-order valence-electron chi connectivity index (χ4n) is 2.43. The van der Waals surface area contributed by atoms with E-state index in [2.05, 4.69) is 10.0 Å². The maximum Gasteiger partial charge on any atom is 0.261 e. The predicted octanol–water partition coefficient (Wildman–Crippen LogP) is 3.72. The summed E-state index contributed by atoms with van der Waals surface area (Å²) in [5, 5.41) is 2.70. The van der Waals surface area contributed by atoms with E-state index in [9.17, 15) is 13.2 Å². The first-order valence-corrected chi connectivity index (χ1v) is 9.94. The number of rotatable bonds is 6.